The van der Waals surface area contributed by atoms with Crippen LogP contribution in [0.3, 0.4) is 0 Å². The van der Waals surface area contributed by atoms with Crippen LogP contribution in [0.1, 0.15) is 44.9 Å². The summed E-state index contributed by atoms with van der Waals surface area (Å²) in [5, 5.41) is 2.98. The summed E-state index contributed by atoms with van der Waals surface area (Å²) in [5.74, 6) is -0.0988. The Hall–Kier alpha value is -1.35. The van der Waals surface area contributed by atoms with Gasteiger partial charge in [-0.3, -0.25) is 4.79 Å². The molecule has 0 aliphatic rings. The van der Waals surface area contributed by atoms with Crippen LogP contribution in [0.5, 0.6) is 0 Å². The Morgan fingerprint density at radius 1 is 1.28 bits per heavy atom. The lowest BCUT2D eigenvalue weighted by molar-refractivity contribution is -0.125. The molecule has 0 aliphatic heterocycles. The van der Waals surface area contributed by atoms with Gasteiger partial charge in [0.05, 0.1) is 12.1 Å². The zero-order valence-electron chi connectivity index (χ0n) is 11.9. The smallest absolute Gasteiger partial charge is 0.237 e. The first-order valence-corrected chi connectivity index (χ1v) is 6.35. The zero-order valence-corrected chi connectivity index (χ0v) is 11.9. The van der Waals surface area contributed by atoms with E-state index in [1.54, 1.807) is 0 Å². The highest BCUT2D eigenvalue weighted by Gasteiger charge is 2.28. The van der Waals surface area contributed by atoms with E-state index in [2.05, 4.69) is 5.32 Å². The van der Waals surface area contributed by atoms with E-state index in [1.165, 1.54) is 5.56 Å². The van der Waals surface area contributed by atoms with Crippen LogP contribution in [0.2, 0.25) is 0 Å². The molecular formula is C15H24N2O. The summed E-state index contributed by atoms with van der Waals surface area (Å²) in [4.78, 5) is 12.0. The van der Waals surface area contributed by atoms with Gasteiger partial charge >= 0.3 is 0 Å². The number of carbonyl (C=O) groups is 1. The molecule has 0 spiro atoms. The van der Waals surface area contributed by atoms with Crippen LogP contribution in [0.4, 0.5) is 0 Å². The number of hydrogen-bond acceptors (Lipinski definition) is 2. The van der Waals surface area contributed by atoms with Crippen molar-refractivity contribution in [1.82, 2.24) is 5.32 Å². The number of nitrogens with one attached hydrogen (secondary N) is 1. The molecule has 3 N–H and O–H groups in total. The molecule has 1 amide bonds. The SMILES string of the molecule is Cc1ccccc1[C@H](C)NC(=O)C(N)C(C)(C)C. The van der Waals surface area contributed by atoms with E-state index in [-0.39, 0.29) is 17.4 Å². The quantitative estimate of drug-likeness (QED) is 0.863. The maximum Gasteiger partial charge on any atom is 0.237 e. The fraction of sp³-hybridized carbons (Fsp3) is 0.533. The highest BCUT2D eigenvalue weighted by Crippen LogP contribution is 2.20. The van der Waals surface area contributed by atoms with Crippen molar-refractivity contribution >= 4 is 5.91 Å². The molecular weight excluding hydrogens is 224 g/mol. The van der Waals surface area contributed by atoms with E-state index < -0.39 is 6.04 Å². The second kappa shape index (κ2) is 5.53. The molecule has 1 rings (SSSR count). The van der Waals surface area contributed by atoms with Crippen LogP contribution >= 0.6 is 0 Å². The summed E-state index contributed by atoms with van der Waals surface area (Å²) in [6, 6.07) is 7.53. The highest BCUT2D eigenvalue weighted by atomic mass is 16.2. The Balaban J connectivity index is 2.75. The van der Waals surface area contributed by atoms with Gasteiger partial charge in [0, 0.05) is 0 Å². The molecule has 0 fully saturated rings. The number of hydrogen-bond donors (Lipinski definition) is 2. The Labute approximate surface area is 110 Å². The van der Waals surface area contributed by atoms with Crippen molar-refractivity contribution < 1.29 is 4.79 Å². The van der Waals surface area contributed by atoms with Crippen molar-refractivity contribution in [3.63, 3.8) is 0 Å². The molecule has 0 aliphatic carbocycles. The minimum absolute atomic E-state index is 0.0212. The second-order valence-electron chi connectivity index (χ2n) is 5.93. The number of carbonyl (C=O) groups excluding carboxylic acids is 1. The molecule has 0 radical (unpaired) electrons. The summed E-state index contributed by atoms with van der Waals surface area (Å²) in [5.41, 5.74) is 8.03. The van der Waals surface area contributed by atoms with Crippen LogP contribution in [0.25, 0.3) is 0 Å². The van der Waals surface area contributed by atoms with E-state index >= 15 is 0 Å². The standard InChI is InChI=1S/C15H24N2O/c1-10-8-6-7-9-12(10)11(2)17-14(18)13(16)15(3,4)5/h6-9,11,13H,16H2,1-5H3,(H,17,18)/t11-,13?/m0/s1. The number of amides is 1. The molecule has 1 aromatic rings. The first-order chi connectivity index (χ1) is 8.23. The van der Waals surface area contributed by atoms with Gasteiger partial charge in [0.15, 0.2) is 0 Å². The minimum Gasteiger partial charge on any atom is -0.348 e. The third kappa shape index (κ3) is 3.57. The van der Waals surface area contributed by atoms with Gasteiger partial charge in [-0.25, -0.2) is 0 Å². The first kappa shape index (κ1) is 14.7. The van der Waals surface area contributed by atoms with Crippen molar-refractivity contribution in [1.29, 1.82) is 0 Å². The summed E-state index contributed by atoms with van der Waals surface area (Å²) in [7, 11) is 0. The molecule has 1 unspecified atom stereocenters. The zero-order chi connectivity index (χ0) is 13.9. The maximum absolute atomic E-state index is 12.0. The van der Waals surface area contributed by atoms with E-state index in [1.807, 2.05) is 58.9 Å². The molecule has 0 heterocycles. The maximum atomic E-state index is 12.0. The van der Waals surface area contributed by atoms with Crippen molar-refractivity contribution in [2.45, 2.75) is 46.7 Å². The van der Waals surface area contributed by atoms with E-state index in [4.69, 9.17) is 5.73 Å². The van der Waals surface area contributed by atoms with Crippen molar-refractivity contribution in [3.05, 3.63) is 35.4 Å². The third-order valence-electron chi connectivity index (χ3n) is 3.23. The average molecular weight is 248 g/mol. The largest absolute Gasteiger partial charge is 0.348 e. The number of benzene rings is 1. The Bertz CT molecular complexity index is 421. The molecule has 0 saturated heterocycles. The van der Waals surface area contributed by atoms with Crippen molar-refractivity contribution in [3.8, 4) is 0 Å². The molecule has 1 aromatic carbocycles. The lowest BCUT2D eigenvalue weighted by Gasteiger charge is -2.27. The number of aryl methyl sites for hydroxylation is 1. The first-order valence-electron chi connectivity index (χ1n) is 6.35. The molecule has 18 heavy (non-hydrogen) atoms. The Morgan fingerprint density at radius 3 is 2.33 bits per heavy atom. The van der Waals surface area contributed by atoms with E-state index in [0.29, 0.717) is 0 Å². The number of nitrogens with two attached hydrogens (primary N) is 1. The minimum atomic E-state index is -0.496. The topological polar surface area (TPSA) is 55.1 Å². The van der Waals surface area contributed by atoms with E-state index in [9.17, 15) is 4.79 Å². The van der Waals surface area contributed by atoms with Crippen LogP contribution < -0.4 is 11.1 Å². The fourth-order valence-electron chi connectivity index (χ4n) is 1.85. The summed E-state index contributed by atoms with van der Waals surface area (Å²) < 4.78 is 0. The normalized spacial score (nSPS) is 15.0. The lowest BCUT2D eigenvalue weighted by atomic mass is 9.86. The lowest BCUT2D eigenvalue weighted by Crippen LogP contribution is -2.49. The number of rotatable bonds is 3. The van der Waals surface area contributed by atoms with Gasteiger partial charge in [-0.2, -0.15) is 0 Å². The van der Waals surface area contributed by atoms with Gasteiger partial charge in [-0.05, 0) is 30.4 Å². The Morgan fingerprint density at radius 2 is 1.83 bits per heavy atom. The fourth-order valence-corrected chi connectivity index (χ4v) is 1.85. The van der Waals surface area contributed by atoms with Gasteiger partial charge in [0.2, 0.25) is 5.91 Å². The predicted octanol–water partition coefficient (Wildman–Crippen LogP) is 2.55. The highest BCUT2D eigenvalue weighted by molar-refractivity contribution is 5.82. The Kier molecular flexibility index (Phi) is 4.52. The monoisotopic (exact) mass is 248 g/mol. The van der Waals surface area contributed by atoms with Crippen LogP contribution in [-0.2, 0) is 4.79 Å². The van der Waals surface area contributed by atoms with Gasteiger partial charge in [0.25, 0.3) is 0 Å². The van der Waals surface area contributed by atoms with Gasteiger partial charge in [-0.1, -0.05) is 45.0 Å². The van der Waals surface area contributed by atoms with Crippen LogP contribution in [0, 0.1) is 12.3 Å². The van der Waals surface area contributed by atoms with Crippen molar-refractivity contribution in [2.24, 2.45) is 11.1 Å². The van der Waals surface area contributed by atoms with Gasteiger partial charge in [0.1, 0.15) is 0 Å². The summed E-state index contributed by atoms with van der Waals surface area (Å²) in [6.07, 6.45) is 0. The predicted molar refractivity (Wildman–Crippen MR) is 75.2 cm³/mol. The molecule has 2 atom stereocenters. The molecule has 0 saturated carbocycles. The molecule has 100 valence electrons. The summed E-state index contributed by atoms with van der Waals surface area (Å²) in [6.45, 7) is 9.93. The molecule has 3 heteroatoms. The van der Waals surface area contributed by atoms with Gasteiger partial charge in [-0.15, -0.1) is 0 Å². The van der Waals surface area contributed by atoms with Gasteiger partial charge < -0.3 is 11.1 Å². The van der Waals surface area contributed by atoms with Crippen LogP contribution in [-0.4, -0.2) is 11.9 Å². The molecule has 0 bridgehead atoms. The molecule has 0 aromatic heterocycles. The third-order valence-corrected chi connectivity index (χ3v) is 3.23. The summed E-state index contributed by atoms with van der Waals surface area (Å²) >= 11 is 0. The van der Waals surface area contributed by atoms with E-state index in [0.717, 1.165) is 5.56 Å². The van der Waals surface area contributed by atoms with Crippen LogP contribution in [0.15, 0.2) is 24.3 Å². The molecule has 3 nitrogen and oxygen atoms in total. The second-order valence-corrected chi connectivity index (χ2v) is 5.93. The van der Waals surface area contributed by atoms with Crippen molar-refractivity contribution in [2.75, 3.05) is 0 Å². The average Bonchev–Trinajstić information content (AvgIpc) is 2.27.